The molecule has 140 valence electrons. The molecule has 0 aromatic carbocycles. The van der Waals surface area contributed by atoms with Crippen LogP contribution in [-0.4, -0.2) is 58.8 Å². The normalized spacial score (nSPS) is 20.6. The molecular weight excluding hydrogens is 364 g/mol. The Balaban J connectivity index is 2.09. The summed E-state index contributed by atoms with van der Waals surface area (Å²) in [6.45, 7) is 7.58. The number of thiophene rings is 1. The molecule has 25 heavy (non-hydrogen) atoms. The van der Waals surface area contributed by atoms with E-state index in [0.29, 0.717) is 26.1 Å². The quantitative estimate of drug-likeness (QED) is 0.782. The van der Waals surface area contributed by atoms with E-state index in [1.54, 1.807) is 4.90 Å². The predicted molar refractivity (Wildman–Crippen MR) is 99.3 cm³/mol. The molecule has 1 aromatic heterocycles. The number of rotatable bonds is 6. The minimum absolute atomic E-state index is 0.0715. The number of aliphatic hydroxyl groups is 1. The van der Waals surface area contributed by atoms with Gasteiger partial charge in [-0.3, -0.25) is 4.79 Å². The number of anilines is 1. The second kappa shape index (κ2) is 8.38. The van der Waals surface area contributed by atoms with Crippen molar-refractivity contribution in [3.63, 3.8) is 0 Å². The zero-order valence-electron chi connectivity index (χ0n) is 14.7. The maximum Gasteiger partial charge on any atom is 0.333 e. The molecule has 2 heterocycles. The molecule has 0 bridgehead atoms. The summed E-state index contributed by atoms with van der Waals surface area (Å²) in [7, 11) is 0. The molecular formula is C17H25ClN2O4S. The van der Waals surface area contributed by atoms with Gasteiger partial charge in [0.25, 0.3) is 0 Å². The van der Waals surface area contributed by atoms with Crippen molar-refractivity contribution in [1.29, 1.82) is 0 Å². The van der Waals surface area contributed by atoms with Gasteiger partial charge in [0.05, 0.1) is 15.3 Å². The van der Waals surface area contributed by atoms with Gasteiger partial charge >= 0.3 is 5.97 Å². The van der Waals surface area contributed by atoms with Crippen molar-refractivity contribution in [2.24, 2.45) is 11.8 Å². The molecule has 1 fully saturated rings. The number of halogens is 1. The number of aliphatic carboxylic acids is 1. The standard InChI is InChI=1S/C17H25ClN2O4S/c1-10(2)8-12(15(21)17(23)24)16(22)20-7-6-19(9-11(20)3)14-5-4-13(18)25-14/h4-5,10-12,15,21H,6-9H2,1-3H3,(H,23,24)/t11-,12+,15+/m1/s1. The number of amides is 1. The lowest BCUT2D eigenvalue weighted by atomic mass is 9.90. The molecule has 0 unspecified atom stereocenters. The van der Waals surface area contributed by atoms with E-state index in [1.165, 1.54) is 11.3 Å². The zero-order valence-corrected chi connectivity index (χ0v) is 16.3. The van der Waals surface area contributed by atoms with Crippen LogP contribution in [0.15, 0.2) is 12.1 Å². The smallest absolute Gasteiger partial charge is 0.333 e. The largest absolute Gasteiger partial charge is 0.479 e. The Bertz CT molecular complexity index is 622. The molecule has 3 atom stereocenters. The van der Waals surface area contributed by atoms with E-state index in [9.17, 15) is 14.7 Å². The highest BCUT2D eigenvalue weighted by Gasteiger charge is 2.38. The average Bonchev–Trinajstić information content (AvgIpc) is 2.97. The Morgan fingerprint density at radius 3 is 2.52 bits per heavy atom. The van der Waals surface area contributed by atoms with Gasteiger partial charge in [-0.25, -0.2) is 4.79 Å². The van der Waals surface area contributed by atoms with Gasteiger partial charge in [0.2, 0.25) is 5.91 Å². The Labute approximate surface area is 157 Å². The van der Waals surface area contributed by atoms with Gasteiger partial charge in [-0.2, -0.15) is 0 Å². The fraction of sp³-hybridized carbons (Fsp3) is 0.647. The van der Waals surface area contributed by atoms with E-state index in [4.69, 9.17) is 16.7 Å². The number of carbonyl (C=O) groups is 2. The molecule has 2 N–H and O–H groups in total. The second-order valence-electron chi connectivity index (χ2n) is 6.92. The molecule has 6 nitrogen and oxygen atoms in total. The summed E-state index contributed by atoms with van der Waals surface area (Å²) in [6.07, 6.45) is -1.32. The van der Waals surface area contributed by atoms with Crippen LogP contribution in [-0.2, 0) is 9.59 Å². The summed E-state index contributed by atoms with van der Waals surface area (Å²) in [6, 6.07) is 3.75. The molecule has 8 heteroatoms. The average molecular weight is 389 g/mol. The van der Waals surface area contributed by atoms with Crippen molar-refractivity contribution in [3.05, 3.63) is 16.5 Å². The van der Waals surface area contributed by atoms with E-state index >= 15 is 0 Å². The summed E-state index contributed by atoms with van der Waals surface area (Å²) in [5.41, 5.74) is 0. The highest BCUT2D eigenvalue weighted by Crippen LogP contribution is 2.31. The first-order valence-electron chi connectivity index (χ1n) is 8.42. The van der Waals surface area contributed by atoms with Crippen LogP contribution in [0.4, 0.5) is 5.00 Å². The number of piperazine rings is 1. The fourth-order valence-electron chi connectivity index (χ4n) is 3.22. The van der Waals surface area contributed by atoms with E-state index in [-0.39, 0.29) is 17.9 Å². The lowest BCUT2D eigenvalue weighted by Crippen LogP contribution is -2.57. The highest BCUT2D eigenvalue weighted by atomic mass is 35.5. The molecule has 0 spiro atoms. The van der Waals surface area contributed by atoms with Crippen LogP contribution in [0.1, 0.15) is 27.2 Å². The molecule has 0 saturated carbocycles. The summed E-state index contributed by atoms with van der Waals surface area (Å²) in [4.78, 5) is 28.0. The van der Waals surface area contributed by atoms with Gasteiger partial charge in [-0.1, -0.05) is 25.4 Å². The van der Waals surface area contributed by atoms with Crippen molar-refractivity contribution in [2.75, 3.05) is 24.5 Å². The molecule has 1 aromatic rings. The molecule has 0 radical (unpaired) electrons. The first kappa shape index (κ1) is 20.0. The van der Waals surface area contributed by atoms with E-state index in [0.717, 1.165) is 9.34 Å². The zero-order chi connectivity index (χ0) is 18.7. The van der Waals surface area contributed by atoms with Crippen molar-refractivity contribution < 1.29 is 19.8 Å². The monoisotopic (exact) mass is 388 g/mol. The minimum Gasteiger partial charge on any atom is -0.479 e. The predicted octanol–water partition coefficient (Wildman–Crippen LogP) is 2.55. The lowest BCUT2D eigenvalue weighted by molar-refractivity contribution is -0.158. The van der Waals surface area contributed by atoms with E-state index < -0.39 is 18.0 Å². The van der Waals surface area contributed by atoms with Crippen LogP contribution in [0.2, 0.25) is 4.34 Å². The summed E-state index contributed by atoms with van der Waals surface area (Å²) in [5.74, 6) is -2.42. The summed E-state index contributed by atoms with van der Waals surface area (Å²) >= 11 is 7.49. The Morgan fingerprint density at radius 2 is 2.04 bits per heavy atom. The second-order valence-corrected chi connectivity index (χ2v) is 8.62. The molecule has 2 rings (SSSR count). The van der Waals surface area contributed by atoms with Crippen molar-refractivity contribution in [1.82, 2.24) is 4.90 Å². The SMILES string of the molecule is CC(C)C[C@H](C(=O)N1CCN(c2ccc(Cl)s2)C[C@H]1C)[C@H](O)C(=O)O. The Morgan fingerprint density at radius 1 is 1.36 bits per heavy atom. The van der Waals surface area contributed by atoms with Crippen LogP contribution < -0.4 is 4.90 Å². The van der Waals surface area contributed by atoms with Crippen LogP contribution in [0.25, 0.3) is 0 Å². The molecule has 1 amide bonds. The summed E-state index contributed by atoms with van der Waals surface area (Å²) < 4.78 is 0.725. The van der Waals surface area contributed by atoms with Crippen molar-refractivity contribution in [3.8, 4) is 0 Å². The molecule has 1 aliphatic rings. The highest BCUT2D eigenvalue weighted by molar-refractivity contribution is 7.19. The van der Waals surface area contributed by atoms with Crippen LogP contribution in [0.5, 0.6) is 0 Å². The Hall–Kier alpha value is -1.31. The number of hydrogen-bond acceptors (Lipinski definition) is 5. The number of carboxylic acids is 1. The third-order valence-electron chi connectivity index (χ3n) is 4.46. The van der Waals surface area contributed by atoms with Gasteiger partial charge in [-0.15, -0.1) is 11.3 Å². The minimum atomic E-state index is -1.67. The number of aliphatic hydroxyl groups excluding tert-OH is 1. The van der Waals surface area contributed by atoms with Crippen LogP contribution in [0, 0.1) is 11.8 Å². The third-order valence-corrected chi connectivity index (χ3v) is 5.75. The molecule has 1 saturated heterocycles. The van der Waals surface area contributed by atoms with Crippen molar-refractivity contribution >= 4 is 39.8 Å². The number of carbonyl (C=O) groups excluding carboxylic acids is 1. The Kier molecular flexibility index (Phi) is 6.71. The number of nitrogens with zero attached hydrogens (tertiary/aromatic N) is 2. The lowest BCUT2D eigenvalue weighted by Gasteiger charge is -2.42. The molecule has 1 aliphatic heterocycles. The number of hydrogen-bond donors (Lipinski definition) is 2. The van der Waals surface area contributed by atoms with Gasteiger partial charge in [0.15, 0.2) is 6.10 Å². The van der Waals surface area contributed by atoms with Gasteiger partial charge < -0.3 is 20.0 Å². The van der Waals surface area contributed by atoms with Crippen molar-refractivity contribution in [2.45, 2.75) is 39.3 Å². The van der Waals surface area contributed by atoms with Crippen LogP contribution in [0.3, 0.4) is 0 Å². The first-order chi connectivity index (χ1) is 11.7. The third kappa shape index (κ3) is 4.86. The van der Waals surface area contributed by atoms with E-state index in [1.807, 2.05) is 32.9 Å². The maximum atomic E-state index is 12.9. The topological polar surface area (TPSA) is 81.1 Å². The maximum absolute atomic E-state index is 12.9. The van der Waals surface area contributed by atoms with Gasteiger partial charge in [0.1, 0.15) is 0 Å². The van der Waals surface area contributed by atoms with E-state index in [2.05, 4.69) is 4.90 Å². The van der Waals surface area contributed by atoms with Gasteiger partial charge in [-0.05, 0) is 31.4 Å². The van der Waals surface area contributed by atoms with Crippen LogP contribution >= 0.6 is 22.9 Å². The fourth-order valence-corrected chi connectivity index (χ4v) is 4.28. The first-order valence-corrected chi connectivity index (χ1v) is 9.61. The number of carboxylic acid groups (broad SMARTS) is 1. The summed E-state index contributed by atoms with van der Waals surface area (Å²) in [5, 5.41) is 20.2. The van der Waals surface area contributed by atoms with Gasteiger partial charge in [0, 0.05) is 25.7 Å². The molecule has 0 aliphatic carbocycles.